The summed E-state index contributed by atoms with van der Waals surface area (Å²) in [5.41, 5.74) is 0.716. The Morgan fingerprint density at radius 2 is 1.92 bits per heavy atom. The predicted molar refractivity (Wildman–Crippen MR) is 45.3 cm³/mol. The van der Waals surface area contributed by atoms with Crippen LogP contribution in [0, 0.1) is 0 Å². The summed E-state index contributed by atoms with van der Waals surface area (Å²) in [4.78, 5) is 20.7. The number of hydrogen-bond acceptors (Lipinski definition) is 2. The first-order chi connectivity index (χ1) is 5.58. The van der Waals surface area contributed by atoms with Crippen molar-refractivity contribution in [1.82, 2.24) is 4.98 Å². The molecule has 4 nitrogen and oxygen atoms in total. The molecule has 1 heterocycles. The molecule has 0 aliphatic carbocycles. The van der Waals surface area contributed by atoms with Crippen molar-refractivity contribution in [2.24, 2.45) is 0 Å². The van der Waals surface area contributed by atoms with Crippen molar-refractivity contribution in [2.75, 3.05) is 0 Å². The third kappa shape index (κ3) is 3.44. The highest BCUT2D eigenvalue weighted by atomic mass is 31.2. The molecule has 2 N–H and O–H groups in total. The van der Waals surface area contributed by atoms with Gasteiger partial charge in [0.1, 0.15) is 0 Å². The Hall–Kier alpha value is -0.960. The van der Waals surface area contributed by atoms with E-state index >= 15 is 0 Å². The summed E-state index contributed by atoms with van der Waals surface area (Å²) >= 11 is 0. The fraction of sp³-hybridized carbons (Fsp3) is 0. The molecule has 5 heteroatoms. The molecule has 1 rings (SSSR count). The molecule has 0 amide bonds. The average molecular weight is 185 g/mol. The molecule has 0 aliphatic heterocycles. The van der Waals surface area contributed by atoms with Gasteiger partial charge in [-0.05, 0) is 23.8 Å². The first-order valence-electron chi connectivity index (χ1n) is 3.22. The number of nitrogens with zero attached hydrogens (tertiary/aromatic N) is 1. The number of pyridine rings is 1. The summed E-state index contributed by atoms with van der Waals surface area (Å²) in [5, 5.41) is 0. The van der Waals surface area contributed by atoms with E-state index in [1.54, 1.807) is 24.5 Å². The average Bonchev–Trinajstić information content (AvgIpc) is 2.02. The van der Waals surface area contributed by atoms with Gasteiger partial charge in [-0.2, -0.15) is 0 Å². The summed E-state index contributed by atoms with van der Waals surface area (Å²) < 4.78 is 10.4. The first-order valence-corrected chi connectivity index (χ1v) is 4.90. The van der Waals surface area contributed by atoms with Gasteiger partial charge in [0.05, 0.1) is 0 Å². The van der Waals surface area contributed by atoms with Crippen LogP contribution in [-0.2, 0) is 4.57 Å². The quantitative estimate of drug-likeness (QED) is 0.680. The van der Waals surface area contributed by atoms with Gasteiger partial charge in [0, 0.05) is 18.2 Å². The smallest absolute Gasteiger partial charge is 0.321 e. The highest BCUT2D eigenvalue weighted by molar-refractivity contribution is 7.55. The molecule has 1 aromatic heterocycles. The zero-order valence-corrected chi connectivity index (χ0v) is 7.06. The number of aromatic nitrogens is 1. The second-order valence-electron chi connectivity index (χ2n) is 2.19. The van der Waals surface area contributed by atoms with E-state index in [1.165, 1.54) is 6.08 Å². The number of rotatable bonds is 2. The van der Waals surface area contributed by atoms with Crippen molar-refractivity contribution in [3.05, 3.63) is 35.9 Å². The Kier molecular flexibility index (Phi) is 2.76. The summed E-state index contributed by atoms with van der Waals surface area (Å²) in [6.45, 7) is 0. The fourth-order valence-corrected chi connectivity index (χ4v) is 1.02. The molecule has 0 saturated heterocycles. The van der Waals surface area contributed by atoms with Gasteiger partial charge >= 0.3 is 7.60 Å². The van der Waals surface area contributed by atoms with E-state index in [-0.39, 0.29) is 0 Å². The highest BCUT2D eigenvalue weighted by Crippen LogP contribution is 2.36. The first kappa shape index (κ1) is 9.13. The van der Waals surface area contributed by atoms with Crippen LogP contribution in [0.4, 0.5) is 0 Å². The second kappa shape index (κ2) is 3.63. The summed E-state index contributed by atoms with van der Waals surface area (Å²) in [7, 11) is -4.03. The minimum absolute atomic E-state index is 0.716. The molecule has 12 heavy (non-hydrogen) atoms. The molecule has 1 aromatic rings. The zero-order chi connectivity index (χ0) is 9.03. The van der Waals surface area contributed by atoms with E-state index in [9.17, 15) is 4.57 Å². The molecule has 0 unspecified atom stereocenters. The highest BCUT2D eigenvalue weighted by Gasteiger charge is 2.04. The fourth-order valence-electron chi connectivity index (χ4n) is 0.658. The lowest BCUT2D eigenvalue weighted by Gasteiger charge is -1.94. The molecular weight excluding hydrogens is 177 g/mol. The lowest BCUT2D eigenvalue weighted by molar-refractivity contribution is 0.386. The molecule has 0 radical (unpaired) electrons. The van der Waals surface area contributed by atoms with E-state index in [4.69, 9.17) is 9.79 Å². The molecule has 0 aliphatic rings. The summed E-state index contributed by atoms with van der Waals surface area (Å²) in [6.07, 6.45) is 4.47. The van der Waals surface area contributed by atoms with E-state index in [1.807, 2.05) is 0 Å². The molecule has 0 bridgehead atoms. The molecule has 0 fully saturated rings. The van der Waals surface area contributed by atoms with E-state index in [2.05, 4.69) is 4.98 Å². The van der Waals surface area contributed by atoms with Gasteiger partial charge < -0.3 is 9.79 Å². The van der Waals surface area contributed by atoms with Gasteiger partial charge in [-0.3, -0.25) is 9.55 Å². The van der Waals surface area contributed by atoms with Crippen molar-refractivity contribution in [3.8, 4) is 0 Å². The SMILES string of the molecule is O=P(O)(O)C=Cc1ccncc1. The van der Waals surface area contributed by atoms with Crippen molar-refractivity contribution < 1.29 is 14.4 Å². The minimum Gasteiger partial charge on any atom is -0.321 e. The normalized spacial score (nSPS) is 12.2. The van der Waals surface area contributed by atoms with Crippen LogP contribution in [0.15, 0.2) is 30.3 Å². The van der Waals surface area contributed by atoms with E-state index < -0.39 is 7.60 Å². The maximum absolute atomic E-state index is 10.4. The van der Waals surface area contributed by atoms with Crippen LogP contribution in [0.5, 0.6) is 0 Å². The molecule has 0 aromatic carbocycles. The molecule has 64 valence electrons. The number of hydrogen-bond donors (Lipinski definition) is 2. The summed E-state index contributed by atoms with van der Waals surface area (Å²) in [5.74, 6) is 0.863. The van der Waals surface area contributed by atoms with Gasteiger partial charge in [-0.15, -0.1) is 0 Å². The van der Waals surface area contributed by atoms with Crippen LogP contribution >= 0.6 is 7.60 Å². The Balaban J connectivity index is 2.78. The van der Waals surface area contributed by atoms with Crippen molar-refractivity contribution >= 4 is 13.7 Å². The van der Waals surface area contributed by atoms with Gasteiger partial charge in [0.25, 0.3) is 0 Å². The lowest BCUT2D eigenvalue weighted by Crippen LogP contribution is -1.73. The Bertz CT molecular complexity index is 317. The van der Waals surface area contributed by atoms with Gasteiger partial charge in [-0.25, -0.2) is 0 Å². The second-order valence-corrected chi connectivity index (χ2v) is 3.66. The monoisotopic (exact) mass is 185 g/mol. The molecular formula is C7H8NO3P. The topological polar surface area (TPSA) is 70.4 Å². The van der Waals surface area contributed by atoms with E-state index in [0.717, 1.165) is 5.82 Å². The maximum atomic E-state index is 10.4. The zero-order valence-electron chi connectivity index (χ0n) is 6.16. The van der Waals surface area contributed by atoms with Crippen LogP contribution in [0.1, 0.15) is 5.56 Å². The van der Waals surface area contributed by atoms with Crippen LogP contribution in [0.2, 0.25) is 0 Å². The maximum Gasteiger partial charge on any atom is 0.349 e. The van der Waals surface area contributed by atoms with Crippen LogP contribution in [0.3, 0.4) is 0 Å². The molecule has 0 spiro atoms. The predicted octanol–water partition coefficient (Wildman–Crippen LogP) is 1.23. The third-order valence-corrected chi connectivity index (χ3v) is 1.70. The van der Waals surface area contributed by atoms with Crippen LogP contribution in [-0.4, -0.2) is 14.8 Å². The Morgan fingerprint density at radius 1 is 1.33 bits per heavy atom. The molecule has 0 saturated carbocycles. The molecule has 0 atom stereocenters. The largest absolute Gasteiger partial charge is 0.349 e. The lowest BCUT2D eigenvalue weighted by atomic mass is 10.3. The Morgan fingerprint density at radius 3 is 2.42 bits per heavy atom. The van der Waals surface area contributed by atoms with Gasteiger partial charge in [0.2, 0.25) is 0 Å². The van der Waals surface area contributed by atoms with Crippen molar-refractivity contribution in [2.45, 2.75) is 0 Å². The van der Waals surface area contributed by atoms with Crippen LogP contribution < -0.4 is 0 Å². The standard InChI is InChI=1S/C7H8NO3P/c9-12(10,11)6-3-7-1-4-8-5-2-7/h1-6H,(H2,9,10,11). The minimum atomic E-state index is -4.03. The van der Waals surface area contributed by atoms with Crippen LogP contribution in [0.25, 0.3) is 6.08 Å². The van der Waals surface area contributed by atoms with E-state index in [0.29, 0.717) is 5.56 Å². The summed E-state index contributed by atoms with van der Waals surface area (Å²) in [6, 6.07) is 3.32. The van der Waals surface area contributed by atoms with Gasteiger partial charge in [-0.1, -0.05) is 0 Å². The van der Waals surface area contributed by atoms with Gasteiger partial charge in [0.15, 0.2) is 0 Å². The Labute approximate surface area is 69.7 Å². The third-order valence-electron chi connectivity index (χ3n) is 1.17. The van der Waals surface area contributed by atoms with Crippen molar-refractivity contribution in [1.29, 1.82) is 0 Å². The van der Waals surface area contributed by atoms with Crippen molar-refractivity contribution in [3.63, 3.8) is 0 Å².